The highest BCUT2D eigenvalue weighted by atomic mass is 19.1. The van der Waals surface area contributed by atoms with Crippen LogP contribution in [0.3, 0.4) is 0 Å². The number of benzene rings is 1. The van der Waals surface area contributed by atoms with Gasteiger partial charge < -0.3 is 4.90 Å². The van der Waals surface area contributed by atoms with Gasteiger partial charge >= 0.3 is 0 Å². The van der Waals surface area contributed by atoms with Gasteiger partial charge in [0, 0.05) is 19.4 Å². The van der Waals surface area contributed by atoms with Crippen LogP contribution in [0.1, 0.15) is 25.8 Å². The SMILES string of the molecule is CCN(CC)CCC(=O)Cc1ccc(F)cc1. The van der Waals surface area contributed by atoms with E-state index in [-0.39, 0.29) is 11.6 Å². The molecular formula is C14H20FNO. The summed E-state index contributed by atoms with van der Waals surface area (Å²) in [6, 6.07) is 6.13. The van der Waals surface area contributed by atoms with E-state index in [0.29, 0.717) is 12.8 Å². The number of hydrogen-bond acceptors (Lipinski definition) is 2. The van der Waals surface area contributed by atoms with Crippen molar-refractivity contribution in [1.82, 2.24) is 4.90 Å². The lowest BCUT2D eigenvalue weighted by molar-refractivity contribution is -0.118. The molecule has 0 saturated carbocycles. The summed E-state index contributed by atoms with van der Waals surface area (Å²) in [6.45, 7) is 6.94. The molecule has 0 aliphatic heterocycles. The molecule has 0 aromatic heterocycles. The average molecular weight is 237 g/mol. The number of carbonyl (C=O) groups is 1. The zero-order valence-electron chi connectivity index (χ0n) is 10.6. The Bertz CT molecular complexity index is 344. The van der Waals surface area contributed by atoms with Gasteiger partial charge in [0.05, 0.1) is 0 Å². The van der Waals surface area contributed by atoms with E-state index in [4.69, 9.17) is 0 Å². The fourth-order valence-electron chi connectivity index (χ4n) is 1.74. The van der Waals surface area contributed by atoms with Gasteiger partial charge in [-0.05, 0) is 30.8 Å². The summed E-state index contributed by atoms with van der Waals surface area (Å²) in [6.07, 6.45) is 0.973. The first-order chi connectivity index (χ1) is 8.15. The second kappa shape index (κ2) is 7.17. The van der Waals surface area contributed by atoms with Crippen LogP contribution in [0.2, 0.25) is 0 Å². The van der Waals surface area contributed by atoms with E-state index in [1.165, 1.54) is 12.1 Å². The summed E-state index contributed by atoms with van der Waals surface area (Å²) in [4.78, 5) is 13.9. The molecule has 1 aromatic rings. The number of hydrogen-bond donors (Lipinski definition) is 0. The molecule has 0 aliphatic rings. The normalized spacial score (nSPS) is 10.8. The predicted molar refractivity (Wildman–Crippen MR) is 67.5 cm³/mol. The minimum atomic E-state index is -0.260. The van der Waals surface area contributed by atoms with Crippen molar-refractivity contribution < 1.29 is 9.18 Å². The molecule has 3 heteroatoms. The molecule has 0 heterocycles. The molecular weight excluding hydrogens is 217 g/mol. The maximum absolute atomic E-state index is 12.7. The van der Waals surface area contributed by atoms with Crippen LogP contribution in [0.15, 0.2) is 24.3 Å². The van der Waals surface area contributed by atoms with Crippen LogP contribution in [0.25, 0.3) is 0 Å². The molecule has 17 heavy (non-hydrogen) atoms. The van der Waals surface area contributed by atoms with Gasteiger partial charge in [0.15, 0.2) is 0 Å². The minimum Gasteiger partial charge on any atom is -0.303 e. The highest BCUT2D eigenvalue weighted by molar-refractivity contribution is 5.80. The van der Waals surface area contributed by atoms with Gasteiger partial charge in [0.2, 0.25) is 0 Å². The Morgan fingerprint density at radius 2 is 1.76 bits per heavy atom. The lowest BCUT2D eigenvalue weighted by Crippen LogP contribution is -2.26. The van der Waals surface area contributed by atoms with E-state index in [1.54, 1.807) is 12.1 Å². The summed E-state index contributed by atoms with van der Waals surface area (Å²) in [5, 5.41) is 0. The van der Waals surface area contributed by atoms with E-state index in [1.807, 2.05) is 0 Å². The Hall–Kier alpha value is -1.22. The lowest BCUT2D eigenvalue weighted by atomic mass is 10.1. The van der Waals surface area contributed by atoms with Gasteiger partial charge in [-0.3, -0.25) is 4.79 Å². The molecule has 0 aliphatic carbocycles. The number of nitrogens with zero attached hydrogens (tertiary/aromatic N) is 1. The van der Waals surface area contributed by atoms with E-state index < -0.39 is 0 Å². The highest BCUT2D eigenvalue weighted by Crippen LogP contribution is 2.05. The fourth-order valence-corrected chi connectivity index (χ4v) is 1.74. The van der Waals surface area contributed by atoms with Gasteiger partial charge in [0.1, 0.15) is 11.6 Å². The third kappa shape index (κ3) is 5.09. The van der Waals surface area contributed by atoms with Crippen molar-refractivity contribution in [1.29, 1.82) is 0 Å². The van der Waals surface area contributed by atoms with Crippen molar-refractivity contribution in [3.05, 3.63) is 35.6 Å². The van der Waals surface area contributed by atoms with Crippen LogP contribution < -0.4 is 0 Å². The smallest absolute Gasteiger partial charge is 0.138 e. The first-order valence-electron chi connectivity index (χ1n) is 6.14. The number of ketones is 1. The quantitative estimate of drug-likeness (QED) is 0.726. The van der Waals surface area contributed by atoms with E-state index >= 15 is 0 Å². The van der Waals surface area contributed by atoms with Crippen molar-refractivity contribution >= 4 is 5.78 Å². The molecule has 1 rings (SSSR count). The van der Waals surface area contributed by atoms with E-state index in [0.717, 1.165) is 25.2 Å². The molecule has 0 unspecified atom stereocenters. The molecule has 0 bridgehead atoms. The van der Waals surface area contributed by atoms with Crippen molar-refractivity contribution in [2.24, 2.45) is 0 Å². The van der Waals surface area contributed by atoms with Gasteiger partial charge in [-0.2, -0.15) is 0 Å². The number of rotatable bonds is 7. The first-order valence-corrected chi connectivity index (χ1v) is 6.14. The molecule has 0 N–H and O–H groups in total. The van der Waals surface area contributed by atoms with Crippen molar-refractivity contribution in [2.75, 3.05) is 19.6 Å². The monoisotopic (exact) mass is 237 g/mol. The van der Waals surface area contributed by atoms with Crippen molar-refractivity contribution in [3.8, 4) is 0 Å². The number of halogens is 1. The molecule has 0 spiro atoms. The summed E-state index contributed by atoms with van der Waals surface area (Å²) in [5.74, 6) is -0.0483. The molecule has 94 valence electrons. The standard InChI is InChI=1S/C14H20FNO/c1-3-16(4-2)10-9-14(17)11-12-5-7-13(15)8-6-12/h5-8H,3-4,9-11H2,1-2H3. The van der Waals surface area contributed by atoms with Gasteiger partial charge in [-0.1, -0.05) is 26.0 Å². The summed E-state index contributed by atoms with van der Waals surface area (Å²) in [5.41, 5.74) is 0.885. The zero-order chi connectivity index (χ0) is 12.7. The Kier molecular flexibility index (Phi) is 5.84. The number of Topliss-reactive ketones (excluding diaryl/α,β-unsaturated/α-hetero) is 1. The Balaban J connectivity index is 2.37. The summed E-state index contributed by atoms with van der Waals surface area (Å²) in [7, 11) is 0. The second-order valence-electron chi connectivity index (χ2n) is 4.12. The first kappa shape index (κ1) is 13.8. The summed E-state index contributed by atoms with van der Waals surface area (Å²) >= 11 is 0. The predicted octanol–water partition coefficient (Wildman–Crippen LogP) is 2.67. The highest BCUT2D eigenvalue weighted by Gasteiger charge is 2.06. The fraction of sp³-hybridized carbons (Fsp3) is 0.500. The third-order valence-corrected chi connectivity index (χ3v) is 2.92. The molecule has 0 radical (unpaired) electrons. The minimum absolute atomic E-state index is 0.212. The second-order valence-corrected chi connectivity index (χ2v) is 4.12. The van der Waals surface area contributed by atoms with Gasteiger partial charge in [0.25, 0.3) is 0 Å². The third-order valence-electron chi connectivity index (χ3n) is 2.92. The maximum Gasteiger partial charge on any atom is 0.138 e. The Morgan fingerprint density at radius 3 is 2.29 bits per heavy atom. The molecule has 0 amide bonds. The molecule has 1 aromatic carbocycles. The lowest BCUT2D eigenvalue weighted by Gasteiger charge is -2.16. The zero-order valence-corrected chi connectivity index (χ0v) is 10.6. The van der Waals surface area contributed by atoms with Crippen LogP contribution in [-0.4, -0.2) is 30.3 Å². The molecule has 2 nitrogen and oxygen atoms in total. The molecule has 0 saturated heterocycles. The molecule has 0 fully saturated rings. The summed E-state index contributed by atoms with van der Waals surface area (Å²) < 4.78 is 12.7. The Morgan fingerprint density at radius 1 is 1.18 bits per heavy atom. The van der Waals surface area contributed by atoms with Crippen LogP contribution in [-0.2, 0) is 11.2 Å². The van der Waals surface area contributed by atoms with Crippen molar-refractivity contribution in [2.45, 2.75) is 26.7 Å². The van der Waals surface area contributed by atoms with Crippen molar-refractivity contribution in [3.63, 3.8) is 0 Å². The van der Waals surface area contributed by atoms with E-state index in [2.05, 4.69) is 18.7 Å². The van der Waals surface area contributed by atoms with Crippen LogP contribution >= 0.6 is 0 Å². The maximum atomic E-state index is 12.7. The van der Waals surface area contributed by atoms with Crippen LogP contribution in [0.4, 0.5) is 4.39 Å². The van der Waals surface area contributed by atoms with Gasteiger partial charge in [-0.25, -0.2) is 4.39 Å². The van der Waals surface area contributed by atoms with Crippen LogP contribution in [0, 0.1) is 5.82 Å². The van der Waals surface area contributed by atoms with E-state index in [9.17, 15) is 9.18 Å². The van der Waals surface area contributed by atoms with Gasteiger partial charge in [-0.15, -0.1) is 0 Å². The topological polar surface area (TPSA) is 20.3 Å². The number of carbonyl (C=O) groups excluding carboxylic acids is 1. The van der Waals surface area contributed by atoms with Crippen LogP contribution in [0.5, 0.6) is 0 Å². The largest absolute Gasteiger partial charge is 0.303 e. The molecule has 0 atom stereocenters. The average Bonchev–Trinajstić information content (AvgIpc) is 2.33. The Labute approximate surface area is 102 Å².